The van der Waals surface area contributed by atoms with Crippen LogP contribution in [0.1, 0.15) is 38.5 Å². The highest BCUT2D eigenvalue weighted by molar-refractivity contribution is 5.88. The van der Waals surface area contributed by atoms with Crippen LogP contribution in [0.3, 0.4) is 0 Å². The molecule has 0 aromatic carbocycles. The summed E-state index contributed by atoms with van der Waals surface area (Å²) in [6, 6.07) is -0.966. The van der Waals surface area contributed by atoms with Crippen LogP contribution >= 0.6 is 0 Å². The van der Waals surface area contributed by atoms with E-state index in [0.29, 0.717) is 0 Å². The molecule has 6 nitrogen and oxygen atoms in total. The minimum Gasteiger partial charge on any atom is -0.469 e. The van der Waals surface area contributed by atoms with Gasteiger partial charge in [0.15, 0.2) is 0 Å². The summed E-state index contributed by atoms with van der Waals surface area (Å²) in [7, 11) is 2.46. The van der Waals surface area contributed by atoms with Gasteiger partial charge in [0.2, 0.25) is 5.91 Å². The van der Waals surface area contributed by atoms with Gasteiger partial charge in [0.25, 0.3) is 0 Å². The highest BCUT2D eigenvalue weighted by Gasteiger charge is 2.29. The summed E-state index contributed by atoms with van der Waals surface area (Å²) < 4.78 is 9.09. The highest BCUT2D eigenvalue weighted by Crippen LogP contribution is 2.23. The summed E-state index contributed by atoms with van der Waals surface area (Å²) >= 11 is 0. The zero-order valence-electron chi connectivity index (χ0n) is 11.4. The fraction of sp³-hybridized carbons (Fsp3) is 0.769. The Morgan fingerprint density at radius 2 is 1.74 bits per heavy atom. The predicted octanol–water partition coefficient (Wildman–Crippen LogP) is 0.788. The van der Waals surface area contributed by atoms with Gasteiger partial charge >= 0.3 is 11.9 Å². The Morgan fingerprint density at radius 1 is 1.11 bits per heavy atom. The SMILES string of the molecule is COC(=O)C[C@H](NC(=O)C1CCCCC1)C(=O)OC. The van der Waals surface area contributed by atoms with Gasteiger partial charge in [0.1, 0.15) is 6.04 Å². The smallest absolute Gasteiger partial charge is 0.328 e. The van der Waals surface area contributed by atoms with Gasteiger partial charge in [0.05, 0.1) is 20.6 Å². The van der Waals surface area contributed by atoms with Gasteiger partial charge in [-0.25, -0.2) is 4.79 Å². The summed E-state index contributed by atoms with van der Waals surface area (Å²) in [4.78, 5) is 34.8. The zero-order chi connectivity index (χ0) is 14.3. The van der Waals surface area contributed by atoms with Gasteiger partial charge < -0.3 is 14.8 Å². The van der Waals surface area contributed by atoms with Crippen molar-refractivity contribution in [1.82, 2.24) is 5.32 Å². The van der Waals surface area contributed by atoms with Crippen LogP contribution in [-0.2, 0) is 23.9 Å². The summed E-state index contributed by atoms with van der Waals surface area (Å²) in [6.07, 6.45) is 4.65. The van der Waals surface area contributed by atoms with Crippen LogP contribution in [0.2, 0.25) is 0 Å². The topological polar surface area (TPSA) is 81.7 Å². The number of esters is 2. The molecule has 108 valence electrons. The van der Waals surface area contributed by atoms with Crippen molar-refractivity contribution in [2.75, 3.05) is 14.2 Å². The van der Waals surface area contributed by atoms with Crippen LogP contribution in [0.4, 0.5) is 0 Å². The third kappa shape index (κ3) is 4.89. The number of carbonyl (C=O) groups is 3. The van der Waals surface area contributed by atoms with E-state index >= 15 is 0 Å². The van der Waals surface area contributed by atoms with Gasteiger partial charge in [-0.3, -0.25) is 9.59 Å². The first-order valence-electron chi connectivity index (χ1n) is 6.53. The molecule has 1 N–H and O–H groups in total. The van der Waals surface area contributed by atoms with Crippen molar-refractivity contribution in [3.8, 4) is 0 Å². The Kier molecular flexibility index (Phi) is 6.32. The van der Waals surface area contributed by atoms with E-state index < -0.39 is 18.0 Å². The third-order valence-electron chi connectivity index (χ3n) is 3.38. The average molecular weight is 271 g/mol. The summed E-state index contributed by atoms with van der Waals surface area (Å²) in [5.74, 6) is -1.44. The van der Waals surface area contributed by atoms with Crippen molar-refractivity contribution in [1.29, 1.82) is 0 Å². The molecule has 0 aromatic heterocycles. The van der Waals surface area contributed by atoms with Crippen molar-refractivity contribution in [3.63, 3.8) is 0 Å². The Morgan fingerprint density at radius 3 is 2.26 bits per heavy atom. The Labute approximate surface area is 112 Å². The number of carbonyl (C=O) groups excluding carboxylic acids is 3. The van der Waals surface area contributed by atoms with Crippen molar-refractivity contribution < 1.29 is 23.9 Å². The molecule has 0 radical (unpaired) electrons. The highest BCUT2D eigenvalue weighted by atomic mass is 16.5. The van der Waals surface area contributed by atoms with Crippen LogP contribution in [0.15, 0.2) is 0 Å². The predicted molar refractivity (Wildman–Crippen MR) is 67.2 cm³/mol. The molecule has 1 aliphatic rings. The van der Waals surface area contributed by atoms with E-state index in [1.54, 1.807) is 0 Å². The first-order valence-corrected chi connectivity index (χ1v) is 6.53. The molecule has 1 amide bonds. The molecule has 1 rings (SSSR count). The molecule has 6 heteroatoms. The lowest BCUT2D eigenvalue weighted by Gasteiger charge is -2.23. The number of rotatable bonds is 5. The second kappa shape index (κ2) is 7.76. The summed E-state index contributed by atoms with van der Waals surface area (Å²) in [6.45, 7) is 0. The van der Waals surface area contributed by atoms with E-state index in [9.17, 15) is 14.4 Å². The lowest BCUT2D eigenvalue weighted by molar-refractivity contribution is -0.151. The number of amides is 1. The van der Waals surface area contributed by atoms with Gasteiger partial charge in [-0.15, -0.1) is 0 Å². The summed E-state index contributed by atoms with van der Waals surface area (Å²) in [5, 5.41) is 2.59. The molecule has 0 unspecified atom stereocenters. The Bertz CT molecular complexity index is 336. The fourth-order valence-electron chi connectivity index (χ4n) is 2.24. The maximum absolute atomic E-state index is 12.0. The summed E-state index contributed by atoms with van der Waals surface area (Å²) in [5.41, 5.74) is 0. The molecular weight excluding hydrogens is 250 g/mol. The largest absolute Gasteiger partial charge is 0.469 e. The lowest BCUT2D eigenvalue weighted by atomic mass is 9.88. The molecule has 0 bridgehead atoms. The first kappa shape index (κ1) is 15.5. The van der Waals surface area contributed by atoms with Gasteiger partial charge in [0, 0.05) is 5.92 Å². The minimum absolute atomic E-state index is 0.0708. The number of nitrogens with one attached hydrogen (secondary N) is 1. The van der Waals surface area contributed by atoms with Gasteiger partial charge in [-0.2, -0.15) is 0 Å². The quantitative estimate of drug-likeness (QED) is 0.747. The third-order valence-corrected chi connectivity index (χ3v) is 3.38. The molecule has 1 fully saturated rings. The normalized spacial score (nSPS) is 17.4. The van der Waals surface area contributed by atoms with Crippen LogP contribution in [0, 0.1) is 5.92 Å². The molecule has 0 spiro atoms. The number of ether oxygens (including phenoxy) is 2. The lowest BCUT2D eigenvalue weighted by Crippen LogP contribution is -2.45. The second-order valence-electron chi connectivity index (χ2n) is 4.70. The van der Waals surface area contributed by atoms with Crippen molar-refractivity contribution >= 4 is 17.8 Å². The van der Waals surface area contributed by atoms with E-state index in [0.717, 1.165) is 32.1 Å². The van der Waals surface area contributed by atoms with Crippen LogP contribution in [0.5, 0.6) is 0 Å². The van der Waals surface area contributed by atoms with E-state index in [-0.39, 0.29) is 18.2 Å². The maximum Gasteiger partial charge on any atom is 0.328 e. The second-order valence-corrected chi connectivity index (χ2v) is 4.70. The van der Waals surface area contributed by atoms with Crippen molar-refractivity contribution in [3.05, 3.63) is 0 Å². The van der Waals surface area contributed by atoms with E-state index in [1.165, 1.54) is 14.2 Å². The molecular formula is C13H21NO5. The molecule has 1 aliphatic carbocycles. The molecule has 0 saturated heterocycles. The zero-order valence-corrected chi connectivity index (χ0v) is 11.4. The van der Waals surface area contributed by atoms with E-state index in [4.69, 9.17) is 0 Å². The molecule has 0 aliphatic heterocycles. The number of hydrogen-bond acceptors (Lipinski definition) is 5. The molecule has 0 aromatic rings. The van der Waals surface area contributed by atoms with Crippen LogP contribution in [-0.4, -0.2) is 38.1 Å². The Hall–Kier alpha value is -1.59. The number of methoxy groups -OCH3 is 2. The van der Waals surface area contributed by atoms with Crippen molar-refractivity contribution in [2.24, 2.45) is 5.92 Å². The van der Waals surface area contributed by atoms with Crippen LogP contribution < -0.4 is 5.32 Å². The molecule has 19 heavy (non-hydrogen) atoms. The van der Waals surface area contributed by atoms with Gasteiger partial charge in [-0.1, -0.05) is 19.3 Å². The van der Waals surface area contributed by atoms with Crippen LogP contribution in [0.25, 0.3) is 0 Å². The molecule has 0 heterocycles. The first-order chi connectivity index (χ1) is 9.08. The molecule has 1 atom stereocenters. The standard InChI is InChI=1S/C13H21NO5/c1-18-11(15)8-10(13(17)19-2)14-12(16)9-6-4-3-5-7-9/h9-10H,3-8H2,1-2H3,(H,14,16)/t10-/m0/s1. The monoisotopic (exact) mass is 271 g/mol. The van der Waals surface area contributed by atoms with Gasteiger partial charge in [-0.05, 0) is 12.8 Å². The molecule has 1 saturated carbocycles. The fourth-order valence-corrected chi connectivity index (χ4v) is 2.24. The van der Waals surface area contributed by atoms with E-state index in [2.05, 4.69) is 14.8 Å². The van der Waals surface area contributed by atoms with Crippen molar-refractivity contribution in [2.45, 2.75) is 44.6 Å². The number of hydrogen-bond donors (Lipinski definition) is 1. The average Bonchev–Trinajstić information content (AvgIpc) is 2.46. The minimum atomic E-state index is -0.966. The maximum atomic E-state index is 12.0. The Balaban J connectivity index is 2.57. The van der Waals surface area contributed by atoms with E-state index in [1.807, 2.05) is 0 Å².